The zero-order valence-electron chi connectivity index (χ0n) is 9.87. The molecule has 3 nitrogen and oxygen atoms in total. The standard InChI is InChI=1S/C11H13BrF3NO2S/c12-10-4-2-9(3-5-10)8-16-19(17,18)7-1-6-11(13,14)15/h2-5,16H,1,6-8H2. The van der Waals surface area contributed by atoms with Gasteiger partial charge >= 0.3 is 6.18 Å². The summed E-state index contributed by atoms with van der Waals surface area (Å²) in [6.07, 6.45) is -5.84. The molecule has 1 rings (SSSR count). The quantitative estimate of drug-likeness (QED) is 0.847. The van der Waals surface area contributed by atoms with Crippen LogP contribution in [0.2, 0.25) is 0 Å². The lowest BCUT2D eigenvalue weighted by Crippen LogP contribution is -2.26. The topological polar surface area (TPSA) is 46.2 Å². The summed E-state index contributed by atoms with van der Waals surface area (Å²) in [5.41, 5.74) is 0.739. The summed E-state index contributed by atoms with van der Waals surface area (Å²) >= 11 is 3.24. The predicted octanol–water partition coefficient (Wildman–Crippen LogP) is 3.21. The van der Waals surface area contributed by atoms with Crippen LogP contribution in [0.1, 0.15) is 18.4 Å². The van der Waals surface area contributed by atoms with E-state index < -0.39 is 34.8 Å². The zero-order valence-corrected chi connectivity index (χ0v) is 12.3. The van der Waals surface area contributed by atoms with Crippen molar-refractivity contribution in [3.63, 3.8) is 0 Å². The molecule has 8 heteroatoms. The molecule has 0 atom stereocenters. The van der Waals surface area contributed by atoms with Gasteiger partial charge in [0.2, 0.25) is 10.0 Å². The molecule has 0 aliphatic heterocycles. The van der Waals surface area contributed by atoms with E-state index in [9.17, 15) is 21.6 Å². The van der Waals surface area contributed by atoms with Crippen molar-refractivity contribution in [1.82, 2.24) is 4.72 Å². The van der Waals surface area contributed by atoms with Gasteiger partial charge in [-0.1, -0.05) is 28.1 Å². The van der Waals surface area contributed by atoms with Crippen molar-refractivity contribution in [2.45, 2.75) is 25.6 Å². The third-order valence-corrected chi connectivity index (χ3v) is 4.22. The first-order chi connectivity index (χ1) is 8.68. The minimum atomic E-state index is -4.32. The average Bonchev–Trinajstić information content (AvgIpc) is 2.26. The molecule has 0 saturated carbocycles. The van der Waals surface area contributed by atoms with Crippen LogP contribution in [0.15, 0.2) is 28.7 Å². The van der Waals surface area contributed by atoms with Crippen molar-refractivity contribution in [1.29, 1.82) is 0 Å². The van der Waals surface area contributed by atoms with Gasteiger partial charge in [-0.05, 0) is 24.1 Å². The highest BCUT2D eigenvalue weighted by molar-refractivity contribution is 9.10. The zero-order chi connectivity index (χ0) is 14.5. The average molecular weight is 360 g/mol. The lowest BCUT2D eigenvalue weighted by Gasteiger charge is -2.08. The fourth-order valence-electron chi connectivity index (χ4n) is 1.33. The molecule has 0 amide bonds. The van der Waals surface area contributed by atoms with E-state index in [0.29, 0.717) is 0 Å². The molecule has 0 aliphatic carbocycles. The van der Waals surface area contributed by atoms with Crippen LogP contribution in [-0.2, 0) is 16.6 Å². The van der Waals surface area contributed by atoms with Crippen LogP contribution in [-0.4, -0.2) is 20.3 Å². The summed E-state index contributed by atoms with van der Waals surface area (Å²) in [4.78, 5) is 0. The number of halogens is 4. The molecule has 0 radical (unpaired) electrons. The van der Waals surface area contributed by atoms with Crippen molar-refractivity contribution >= 4 is 26.0 Å². The third-order valence-electron chi connectivity index (χ3n) is 2.28. The number of hydrogen-bond acceptors (Lipinski definition) is 2. The predicted molar refractivity (Wildman–Crippen MR) is 70.1 cm³/mol. The molecule has 1 aromatic rings. The van der Waals surface area contributed by atoms with Gasteiger partial charge in [0.25, 0.3) is 0 Å². The Morgan fingerprint density at radius 1 is 1.16 bits per heavy atom. The van der Waals surface area contributed by atoms with Gasteiger partial charge in [0.1, 0.15) is 0 Å². The number of sulfonamides is 1. The Morgan fingerprint density at radius 2 is 1.74 bits per heavy atom. The fourth-order valence-corrected chi connectivity index (χ4v) is 2.65. The van der Waals surface area contributed by atoms with E-state index >= 15 is 0 Å². The minimum Gasteiger partial charge on any atom is -0.212 e. The molecule has 1 N–H and O–H groups in total. The van der Waals surface area contributed by atoms with Crippen LogP contribution in [0.3, 0.4) is 0 Å². The summed E-state index contributed by atoms with van der Waals surface area (Å²) in [5.74, 6) is -0.525. The third kappa shape index (κ3) is 7.54. The molecule has 0 aromatic heterocycles. The lowest BCUT2D eigenvalue weighted by molar-refractivity contribution is -0.134. The maximum atomic E-state index is 11.9. The molecule has 0 bridgehead atoms. The molecule has 0 fully saturated rings. The Kier molecular flexibility index (Phi) is 5.82. The second-order valence-corrected chi connectivity index (χ2v) is 6.83. The molecular formula is C11H13BrF3NO2S. The molecule has 0 saturated heterocycles. The van der Waals surface area contributed by atoms with E-state index in [-0.39, 0.29) is 6.54 Å². The Morgan fingerprint density at radius 3 is 2.26 bits per heavy atom. The number of alkyl halides is 3. The lowest BCUT2D eigenvalue weighted by atomic mass is 10.2. The van der Waals surface area contributed by atoms with E-state index in [2.05, 4.69) is 20.7 Å². The second kappa shape index (κ2) is 6.71. The van der Waals surface area contributed by atoms with E-state index in [1.54, 1.807) is 24.3 Å². The number of nitrogens with one attached hydrogen (secondary N) is 1. The highest BCUT2D eigenvalue weighted by Gasteiger charge is 2.27. The van der Waals surface area contributed by atoms with Crippen LogP contribution in [0.25, 0.3) is 0 Å². The van der Waals surface area contributed by atoms with Gasteiger partial charge < -0.3 is 0 Å². The molecule has 0 heterocycles. The van der Waals surface area contributed by atoms with Gasteiger partial charge in [0.05, 0.1) is 5.75 Å². The Hall–Kier alpha value is -0.600. The van der Waals surface area contributed by atoms with Gasteiger partial charge in [-0.15, -0.1) is 0 Å². The van der Waals surface area contributed by atoms with Gasteiger partial charge in [0.15, 0.2) is 0 Å². The van der Waals surface area contributed by atoms with E-state index in [1.807, 2.05) is 0 Å². The molecule has 108 valence electrons. The van der Waals surface area contributed by atoms with E-state index in [1.165, 1.54) is 0 Å². The molecule has 0 spiro atoms. The van der Waals surface area contributed by atoms with Crippen molar-refractivity contribution in [2.24, 2.45) is 0 Å². The molecule has 0 unspecified atom stereocenters. The summed E-state index contributed by atoms with van der Waals surface area (Å²) in [7, 11) is -3.67. The number of benzene rings is 1. The summed E-state index contributed by atoms with van der Waals surface area (Å²) < 4.78 is 61.8. The van der Waals surface area contributed by atoms with Crippen molar-refractivity contribution in [3.8, 4) is 0 Å². The smallest absolute Gasteiger partial charge is 0.212 e. The maximum absolute atomic E-state index is 11.9. The molecule has 0 aliphatic rings. The Bertz CT molecular complexity index is 500. The first kappa shape index (κ1) is 16.5. The van der Waals surface area contributed by atoms with Gasteiger partial charge in [-0.2, -0.15) is 13.2 Å². The van der Waals surface area contributed by atoms with Gasteiger partial charge in [-0.25, -0.2) is 13.1 Å². The van der Waals surface area contributed by atoms with E-state index in [4.69, 9.17) is 0 Å². The van der Waals surface area contributed by atoms with Gasteiger partial charge in [-0.3, -0.25) is 0 Å². The summed E-state index contributed by atoms with van der Waals surface area (Å²) in [5, 5.41) is 0. The first-order valence-corrected chi connectivity index (χ1v) is 7.91. The number of rotatable bonds is 6. The molecule has 1 aromatic carbocycles. The monoisotopic (exact) mass is 359 g/mol. The Labute approximate surface area is 118 Å². The first-order valence-electron chi connectivity index (χ1n) is 5.46. The number of hydrogen-bond donors (Lipinski definition) is 1. The van der Waals surface area contributed by atoms with Crippen LogP contribution < -0.4 is 4.72 Å². The van der Waals surface area contributed by atoms with Crippen LogP contribution in [0, 0.1) is 0 Å². The summed E-state index contributed by atoms with van der Waals surface area (Å²) in [6, 6.07) is 6.96. The second-order valence-electron chi connectivity index (χ2n) is 3.99. The molecular weight excluding hydrogens is 347 g/mol. The Balaban J connectivity index is 2.40. The minimum absolute atomic E-state index is 0.0711. The van der Waals surface area contributed by atoms with Crippen LogP contribution in [0.5, 0.6) is 0 Å². The van der Waals surface area contributed by atoms with Crippen LogP contribution >= 0.6 is 15.9 Å². The van der Waals surface area contributed by atoms with Gasteiger partial charge in [0, 0.05) is 17.4 Å². The fraction of sp³-hybridized carbons (Fsp3) is 0.455. The highest BCUT2D eigenvalue weighted by Crippen LogP contribution is 2.21. The van der Waals surface area contributed by atoms with Crippen molar-refractivity contribution in [2.75, 3.05) is 5.75 Å². The van der Waals surface area contributed by atoms with E-state index in [0.717, 1.165) is 10.0 Å². The normalized spacial score (nSPS) is 12.6. The largest absolute Gasteiger partial charge is 0.389 e. The van der Waals surface area contributed by atoms with Crippen LogP contribution in [0.4, 0.5) is 13.2 Å². The summed E-state index contributed by atoms with van der Waals surface area (Å²) in [6.45, 7) is 0.0711. The van der Waals surface area contributed by atoms with Crippen molar-refractivity contribution < 1.29 is 21.6 Å². The molecule has 19 heavy (non-hydrogen) atoms. The maximum Gasteiger partial charge on any atom is 0.389 e. The highest BCUT2D eigenvalue weighted by atomic mass is 79.9. The SMILES string of the molecule is O=S(=O)(CCCC(F)(F)F)NCc1ccc(Br)cc1. The van der Waals surface area contributed by atoms with Crippen molar-refractivity contribution in [3.05, 3.63) is 34.3 Å².